The zero-order valence-corrected chi connectivity index (χ0v) is 14.4. The third-order valence-electron chi connectivity index (χ3n) is 4.48. The molecule has 1 saturated heterocycles. The van der Waals surface area contributed by atoms with E-state index in [-0.39, 0.29) is 11.5 Å². The van der Waals surface area contributed by atoms with Gasteiger partial charge in [-0.3, -0.25) is 0 Å². The molecule has 0 unspecified atom stereocenters. The molecule has 0 saturated carbocycles. The molecule has 2 aromatic rings. The van der Waals surface area contributed by atoms with E-state index >= 15 is 0 Å². The summed E-state index contributed by atoms with van der Waals surface area (Å²) in [6, 6.07) is 6.14. The number of benzene rings is 1. The van der Waals surface area contributed by atoms with E-state index in [9.17, 15) is 8.42 Å². The highest BCUT2D eigenvalue weighted by molar-refractivity contribution is 7.91. The molecule has 1 fully saturated rings. The third-order valence-corrected chi connectivity index (χ3v) is 6.09. The van der Waals surface area contributed by atoms with E-state index < -0.39 is 9.84 Å². The molecule has 3 rings (SSSR count). The van der Waals surface area contributed by atoms with Crippen molar-refractivity contribution in [2.75, 3.05) is 31.1 Å². The minimum absolute atomic E-state index is 0.266. The van der Waals surface area contributed by atoms with E-state index in [0.29, 0.717) is 13.1 Å². The quantitative estimate of drug-likeness (QED) is 0.839. The molecular formula is C16H22N4O2S. The summed E-state index contributed by atoms with van der Waals surface area (Å²) >= 11 is 0. The predicted octanol–water partition coefficient (Wildman–Crippen LogP) is 1.16. The standard InChI is InChI=1S/C16H22N4O2S/c1-13-4-3-5-16(14(13)2)20-12-15(17-18-20)6-7-19-8-10-23(21,22)11-9-19/h3-5,12H,6-11H2,1-2H3. The van der Waals surface area contributed by atoms with Crippen LogP contribution in [0.5, 0.6) is 0 Å². The van der Waals surface area contributed by atoms with Crippen LogP contribution in [-0.2, 0) is 16.3 Å². The number of nitrogens with zero attached hydrogens (tertiary/aromatic N) is 4. The fraction of sp³-hybridized carbons (Fsp3) is 0.500. The van der Waals surface area contributed by atoms with Gasteiger partial charge in [0.25, 0.3) is 0 Å². The summed E-state index contributed by atoms with van der Waals surface area (Å²) in [7, 11) is -2.81. The Balaban J connectivity index is 1.63. The summed E-state index contributed by atoms with van der Waals surface area (Å²) in [5, 5.41) is 8.47. The molecular weight excluding hydrogens is 312 g/mol. The molecule has 0 radical (unpaired) electrons. The van der Waals surface area contributed by atoms with Crippen molar-refractivity contribution in [3.05, 3.63) is 41.2 Å². The normalized spacial score (nSPS) is 18.2. The average Bonchev–Trinajstić information content (AvgIpc) is 2.98. The topological polar surface area (TPSA) is 68.1 Å². The van der Waals surface area contributed by atoms with Gasteiger partial charge in [0.1, 0.15) is 0 Å². The van der Waals surface area contributed by atoms with E-state index in [2.05, 4.69) is 35.1 Å². The maximum atomic E-state index is 11.4. The first kappa shape index (κ1) is 16.1. The van der Waals surface area contributed by atoms with E-state index in [1.54, 1.807) is 0 Å². The van der Waals surface area contributed by atoms with Crippen LogP contribution in [0.15, 0.2) is 24.4 Å². The summed E-state index contributed by atoms with van der Waals surface area (Å²) in [5.41, 5.74) is 4.41. The van der Waals surface area contributed by atoms with Gasteiger partial charge in [-0.05, 0) is 31.0 Å². The fourth-order valence-electron chi connectivity index (χ4n) is 2.76. The summed E-state index contributed by atoms with van der Waals surface area (Å²) < 4.78 is 24.7. The van der Waals surface area contributed by atoms with Crippen molar-refractivity contribution >= 4 is 9.84 Å². The van der Waals surface area contributed by atoms with E-state index in [1.165, 1.54) is 11.1 Å². The first-order valence-corrected chi connectivity index (χ1v) is 9.67. The molecule has 1 aliphatic rings. The Bertz CT molecular complexity index is 784. The average molecular weight is 334 g/mol. The molecule has 6 nitrogen and oxygen atoms in total. The van der Waals surface area contributed by atoms with Crippen molar-refractivity contribution in [2.24, 2.45) is 0 Å². The minimum Gasteiger partial charge on any atom is -0.301 e. The van der Waals surface area contributed by atoms with Crippen molar-refractivity contribution in [1.82, 2.24) is 19.9 Å². The molecule has 0 aliphatic carbocycles. The second-order valence-electron chi connectivity index (χ2n) is 6.12. The predicted molar refractivity (Wildman–Crippen MR) is 89.6 cm³/mol. The van der Waals surface area contributed by atoms with Crippen LogP contribution < -0.4 is 0 Å². The van der Waals surface area contributed by atoms with E-state index in [1.807, 2.05) is 23.0 Å². The van der Waals surface area contributed by atoms with Crippen LogP contribution in [0.2, 0.25) is 0 Å². The van der Waals surface area contributed by atoms with E-state index in [0.717, 1.165) is 24.3 Å². The molecule has 0 spiro atoms. The first-order valence-electron chi connectivity index (χ1n) is 7.85. The first-order chi connectivity index (χ1) is 10.9. The van der Waals surface area contributed by atoms with Crippen LogP contribution in [0.1, 0.15) is 16.8 Å². The van der Waals surface area contributed by atoms with Crippen LogP contribution in [0.4, 0.5) is 0 Å². The number of rotatable bonds is 4. The van der Waals surface area contributed by atoms with Gasteiger partial charge in [0, 0.05) is 26.1 Å². The molecule has 23 heavy (non-hydrogen) atoms. The lowest BCUT2D eigenvalue weighted by molar-refractivity contribution is 0.298. The van der Waals surface area contributed by atoms with Crippen LogP contribution in [0, 0.1) is 13.8 Å². The van der Waals surface area contributed by atoms with Gasteiger partial charge in [-0.15, -0.1) is 5.10 Å². The molecule has 1 aromatic carbocycles. The zero-order valence-electron chi connectivity index (χ0n) is 13.6. The van der Waals surface area contributed by atoms with Gasteiger partial charge >= 0.3 is 0 Å². The van der Waals surface area contributed by atoms with Gasteiger partial charge in [-0.1, -0.05) is 17.3 Å². The van der Waals surface area contributed by atoms with Crippen molar-refractivity contribution in [2.45, 2.75) is 20.3 Å². The molecule has 0 amide bonds. The Hall–Kier alpha value is -1.73. The van der Waals surface area contributed by atoms with Crippen LogP contribution in [0.3, 0.4) is 0 Å². The molecule has 2 heterocycles. The van der Waals surface area contributed by atoms with Crippen molar-refractivity contribution in [1.29, 1.82) is 0 Å². The highest BCUT2D eigenvalue weighted by Gasteiger charge is 2.21. The number of aryl methyl sites for hydroxylation is 1. The number of aromatic nitrogens is 3. The maximum absolute atomic E-state index is 11.4. The number of hydrogen-bond acceptors (Lipinski definition) is 5. The summed E-state index contributed by atoms with van der Waals surface area (Å²) in [5.74, 6) is 0.532. The van der Waals surface area contributed by atoms with Crippen LogP contribution >= 0.6 is 0 Å². The Morgan fingerprint density at radius 3 is 2.65 bits per heavy atom. The monoisotopic (exact) mass is 334 g/mol. The highest BCUT2D eigenvalue weighted by atomic mass is 32.2. The third kappa shape index (κ3) is 3.79. The van der Waals surface area contributed by atoms with Gasteiger partial charge in [0.15, 0.2) is 9.84 Å². The Labute approximate surface area is 137 Å². The lowest BCUT2D eigenvalue weighted by Crippen LogP contribution is -2.41. The second-order valence-corrected chi connectivity index (χ2v) is 8.42. The minimum atomic E-state index is -2.81. The molecule has 0 bridgehead atoms. The molecule has 0 N–H and O–H groups in total. The summed E-state index contributed by atoms with van der Waals surface area (Å²) in [6.07, 6.45) is 2.74. The molecule has 7 heteroatoms. The molecule has 1 aliphatic heterocycles. The smallest absolute Gasteiger partial charge is 0.152 e. The summed E-state index contributed by atoms with van der Waals surface area (Å²) in [6.45, 7) is 6.23. The molecule has 1 aromatic heterocycles. The second kappa shape index (κ2) is 6.41. The van der Waals surface area contributed by atoms with Gasteiger partial charge < -0.3 is 4.90 Å². The van der Waals surface area contributed by atoms with Crippen molar-refractivity contribution in [3.63, 3.8) is 0 Å². The Morgan fingerprint density at radius 2 is 1.91 bits per heavy atom. The fourth-order valence-corrected chi connectivity index (χ4v) is 4.04. The van der Waals surface area contributed by atoms with Gasteiger partial charge in [-0.25, -0.2) is 13.1 Å². The van der Waals surface area contributed by atoms with Gasteiger partial charge in [0.2, 0.25) is 0 Å². The van der Waals surface area contributed by atoms with Crippen LogP contribution in [-0.4, -0.2) is 59.5 Å². The summed E-state index contributed by atoms with van der Waals surface area (Å²) in [4.78, 5) is 2.18. The SMILES string of the molecule is Cc1cccc(-n2cc(CCN3CCS(=O)(=O)CC3)nn2)c1C. The van der Waals surface area contributed by atoms with E-state index in [4.69, 9.17) is 0 Å². The largest absolute Gasteiger partial charge is 0.301 e. The Morgan fingerprint density at radius 1 is 1.17 bits per heavy atom. The van der Waals surface area contributed by atoms with Crippen molar-refractivity contribution in [3.8, 4) is 5.69 Å². The lowest BCUT2D eigenvalue weighted by Gasteiger charge is -2.25. The maximum Gasteiger partial charge on any atom is 0.152 e. The van der Waals surface area contributed by atoms with Crippen molar-refractivity contribution < 1.29 is 8.42 Å². The number of hydrogen-bond donors (Lipinski definition) is 0. The lowest BCUT2D eigenvalue weighted by atomic mass is 10.1. The molecule has 0 atom stereocenters. The molecule has 124 valence electrons. The van der Waals surface area contributed by atoms with Gasteiger partial charge in [-0.2, -0.15) is 0 Å². The Kier molecular flexibility index (Phi) is 4.50. The number of sulfone groups is 1. The van der Waals surface area contributed by atoms with Gasteiger partial charge in [0.05, 0.1) is 29.1 Å². The highest BCUT2D eigenvalue weighted by Crippen LogP contribution is 2.16. The zero-order chi connectivity index (χ0) is 16.4. The van der Waals surface area contributed by atoms with Crippen LogP contribution in [0.25, 0.3) is 5.69 Å².